The lowest BCUT2D eigenvalue weighted by atomic mass is 10.3. The zero-order chi connectivity index (χ0) is 7.97. The average molecular weight is 158 g/mol. The van der Waals surface area contributed by atoms with E-state index in [1.165, 1.54) is 0 Å². The third-order valence-corrected chi connectivity index (χ3v) is 2.05. The van der Waals surface area contributed by atoms with E-state index in [2.05, 4.69) is 19.8 Å². The Kier molecular flexibility index (Phi) is 0.935. The fraction of sp³-hybridized carbons (Fsp3) is 0.125. The van der Waals surface area contributed by atoms with E-state index >= 15 is 0 Å². The Morgan fingerprint density at radius 3 is 3.33 bits per heavy atom. The van der Waals surface area contributed by atoms with E-state index in [-0.39, 0.29) is 0 Å². The van der Waals surface area contributed by atoms with Gasteiger partial charge in [-0.3, -0.25) is 0 Å². The van der Waals surface area contributed by atoms with Crippen molar-refractivity contribution in [3.63, 3.8) is 0 Å². The van der Waals surface area contributed by atoms with Gasteiger partial charge in [0.2, 0.25) is 0 Å². The summed E-state index contributed by atoms with van der Waals surface area (Å²) in [5, 5.41) is 7.82. The van der Waals surface area contributed by atoms with E-state index in [1.807, 2.05) is 18.3 Å². The van der Waals surface area contributed by atoms with Crippen molar-refractivity contribution in [1.82, 2.24) is 14.8 Å². The number of nitrogens with zero attached hydrogens (tertiary/aromatic N) is 4. The standard InChI is InChI=1S/C8H6N4/c1-2-8-9-3-4-12(8)7-5-10-11-6(1)7/h1-3,5H,4H2. The van der Waals surface area contributed by atoms with Crippen molar-refractivity contribution in [2.24, 2.45) is 4.99 Å². The van der Waals surface area contributed by atoms with E-state index in [1.54, 1.807) is 6.20 Å². The number of hydrogen-bond donors (Lipinski definition) is 0. The molecule has 0 saturated heterocycles. The highest BCUT2D eigenvalue weighted by atomic mass is 15.2. The summed E-state index contributed by atoms with van der Waals surface area (Å²) in [6, 6.07) is 3.90. The van der Waals surface area contributed by atoms with Crippen LogP contribution in [-0.2, 0) is 6.54 Å². The molecule has 58 valence electrons. The number of aliphatic imine (C=N–C) groups is 1. The number of pyridine rings is 1. The monoisotopic (exact) mass is 158 g/mol. The van der Waals surface area contributed by atoms with Gasteiger partial charge in [0.15, 0.2) is 0 Å². The van der Waals surface area contributed by atoms with Crippen LogP contribution < -0.4 is 0 Å². The Balaban J connectivity index is 2.41. The quantitative estimate of drug-likeness (QED) is 0.576. The fourth-order valence-electron chi connectivity index (χ4n) is 1.48. The maximum Gasteiger partial charge on any atom is 0.133 e. The Hall–Kier alpha value is -1.71. The van der Waals surface area contributed by atoms with Crippen molar-refractivity contribution in [3.8, 4) is 11.4 Å². The maximum atomic E-state index is 4.21. The summed E-state index contributed by atoms with van der Waals surface area (Å²) in [4.78, 5) is 4.21. The minimum atomic E-state index is 0.833. The summed E-state index contributed by atoms with van der Waals surface area (Å²) in [6.07, 6.45) is 3.66. The summed E-state index contributed by atoms with van der Waals surface area (Å²) in [6.45, 7) is 0.833. The molecular weight excluding hydrogens is 152 g/mol. The molecule has 0 amide bonds. The third-order valence-electron chi connectivity index (χ3n) is 2.05. The smallest absolute Gasteiger partial charge is 0.133 e. The van der Waals surface area contributed by atoms with Gasteiger partial charge in [0.1, 0.15) is 11.5 Å². The molecule has 0 aromatic carbocycles. The summed E-state index contributed by atoms with van der Waals surface area (Å²) in [5.74, 6) is 0.984. The Morgan fingerprint density at radius 2 is 2.33 bits per heavy atom. The van der Waals surface area contributed by atoms with Crippen molar-refractivity contribution in [2.45, 2.75) is 6.54 Å². The molecule has 3 aliphatic heterocycles. The maximum absolute atomic E-state index is 4.21. The molecule has 0 aromatic rings. The van der Waals surface area contributed by atoms with Crippen molar-refractivity contribution >= 4 is 12.0 Å². The highest BCUT2D eigenvalue weighted by Crippen LogP contribution is 2.27. The number of fused-ring (bicyclic) bond motifs is 3. The van der Waals surface area contributed by atoms with Gasteiger partial charge >= 0.3 is 0 Å². The lowest BCUT2D eigenvalue weighted by molar-refractivity contribution is 0.899. The molecule has 0 bridgehead atoms. The lowest BCUT2D eigenvalue weighted by Crippen LogP contribution is -1.98. The van der Waals surface area contributed by atoms with E-state index in [0.29, 0.717) is 0 Å². The molecule has 3 heterocycles. The van der Waals surface area contributed by atoms with Crippen LogP contribution in [0.2, 0.25) is 0 Å². The topological polar surface area (TPSA) is 43.1 Å². The molecule has 0 aromatic heterocycles. The summed E-state index contributed by atoms with van der Waals surface area (Å²) in [5.41, 5.74) is 1.99. The van der Waals surface area contributed by atoms with Gasteiger partial charge in [0, 0.05) is 6.21 Å². The normalized spacial score (nSPS) is 14.0. The van der Waals surface area contributed by atoms with Crippen LogP contribution in [0.5, 0.6) is 0 Å². The van der Waals surface area contributed by atoms with Crippen molar-refractivity contribution in [1.29, 1.82) is 0 Å². The zero-order valence-corrected chi connectivity index (χ0v) is 6.31. The Bertz CT molecular complexity index is 429. The second-order valence-corrected chi connectivity index (χ2v) is 2.73. The molecular formula is C8H6N4. The second-order valence-electron chi connectivity index (χ2n) is 2.73. The first kappa shape index (κ1) is 5.88. The average Bonchev–Trinajstić information content (AvgIpc) is 2.71. The van der Waals surface area contributed by atoms with Crippen molar-refractivity contribution < 1.29 is 0 Å². The summed E-state index contributed by atoms with van der Waals surface area (Å²) >= 11 is 0. The van der Waals surface area contributed by atoms with Gasteiger partial charge < -0.3 is 4.57 Å². The first-order chi connectivity index (χ1) is 5.95. The Labute approximate surface area is 68.9 Å². The van der Waals surface area contributed by atoms with Gasteiger partial charge in [-0.15, -0.1) is 5.10 Å². The molecule has 4 heteroatoms. The van der Waals surface area contributed by atoms with Crippen LogP contribution in [0.4, 0.5) is 5.82 Å². The highest BCUT2D eigenvalue weighted by Gasteiger charge is 2.13. The molecule has 12 heavy (non-hydrogen) atoms. The first-order valence-corrected chi connectivity index (χ1v) is 3.78. The van der Waals surface area contributed by atoms with Crippen molar-refractivity contribution in [3.05, 3.63) is 18.3 Å². The minimum absolute atomic E-state index is 0.833. The molecule has 4 nitrogen and oxygen atoms in total. The van der Waals surface area contributed by atoms with Crippen LogP contribution in [0.3, 0.4) is 0 Å². The van der Waals surface area contributed by atoms with E-state index < -0.39 is 0 Å². The number of aromatic nitrogens is 3. The van der Waals surface area contributed by atoms with E-state index in [4.69, 9.17) is 0 Å². The summed E-state index contributed by atoms with van der Waals surface area (Å²) in [7, 11) is 0. The zero-order valence-electron chi connectivity index (χ0n) is 6.31. The van der Waals surface area contributed by atoms with Gasteiger partial charge in [-0.2, -0.15) is 5.10 Å². The first-order valence-electron chi connectivity index (χ1n) is 3.78. The van der Waals surface area contributed by atoms with Gasteiger partial charge in [-0.05, 0) is 12.1 Å². The van der Waals surface area contributed by atoms with Crippen LogP contribution >= 0.6 is 0 Å². The highest BCUT2D eigenvalue weighted by molar-refractivity contribution is 5.71. The van der Waals surface area contributed by atoms with Crippen LogP contribution in [-0.4, -0.2) is 21.0 Å². The van der Waals surface area contributed by atoms with Gasteiger partial charge in [-0.1, -0.05) is 0 Å². The molecule has 0 atom stereocenters. The van der Waals surface area contributed by atoms with E-state index in [9.17, 15) is 0 Å². The molecule has 0 fully saturated rings. The van der Waals surface area contributed by atoms with Crippen molar-refractivity contribution in [2.75, 3.05) is 0 Å². The predicted molar refractivity (Wildman–Crippen MR) is 44.8 cm³/mol. The molecule has 0 spiro atoms. The SMILES string of the molecule is C1=Nc2ccc3nncc-3n2C1. The Morgan fingerprint density at radius 1 is 1.33 bits per heavy atom. The largest absolute Gasteiger partial charge is 0.318 e. The van der Waals surface area contributed by atoms with Crippen LogP contribution in [0.25, 0.3) is 11.4 Å². The molecule has 3 aliphatic rings. The third kappa shape index (κ3) is 0.592. The number of rotatable bonds is 0. The molecule has 0 unspecified atom stereocenters. The number of hydrogen-bond acceptors (Lipinski definition) is 3. The van der Waals surface area contributed by atoms with Crippen LogP contribution in [0.15, 0.2) is 23.3 Å². The fourth-order valence-corrected chi connectivity index (χ4v) is 1.48. The molecule has 0 saturated carbocycles. The lowest BCUT2D eigenvalue weighted by Gasteiger charge is -2.06. The van der Waals surface area contributed by atoms with Gasteiger partial charge in [0.25, 0.3) is 0 Å². The minimum Gasteiger partial charge on any atom is -0.318 e. The summed E-state index contributed by atoms with van der Waals surface area (Å²) < 4.78 is 2.09. The molecule has 0 radical (unpaired) electrons. The predicted octanol–water partition coefficient (Wildman–Crippen LogP) is 1.10. The van der Waals surface area contributed by atoms with Crippen LogP contribution in [0, 0.1) is 0 Å². The van der Waals surface area contributed by atoms with Gasteiger partial charge in [-0.25, -0.2) is 4.99 Å². The van der Waals surface area contributed by atoms with Gasteiger partial charge in [0.05, 0.1) is 18.4 Å². The molecule has 0 aliphatic carbocycles. The second kappa shape index (κ2) is 1.91. The van der Waals surface area contributed by atoms with E-state index in [0.717, 1.165) is 23.8 Å². The van der Waals surface area contributed by atoms with Crippen LogP contribution in [0.1, 0.15) is 0 Å². The molecule has 0 N–H and O–H groups in total. The molecule has 3 rings (SSSR count).